The zero-order valence-corrected chi connectivity index (χ0v) is 24.2. The van der Waals surface area contributed by atoms with Crippen LogP contribution in [0.4, 0.5) is 0 Å². The van der Waals surface area contributed by atoms with E-state index in [4.69, 9.17) is 4.74 Å². The summed E-state index contributed by atoms with van der Waals surface area (Å²) in [6.07, 6.45) is 3.09. The molecule has 0 saturated carbocycles. The van der Waals surface area contributed by atoms with Crippen molar-refractivity contribution in [1.82, 2.24) is 25.8 Å². The molecule has 10 nitrogen and oxygen atoms in total. The summed E-state index contributed by atoms with van der Waals surface area (Å²) in [6.45, 7) is 7.06. The van der Waals surface area contributed by atoms with E-state index in [0.717, 1.165) is 17.1 Å². The van der Waals surface area contributed by atoms with E-state index in [1.807, 2.05) is 12.3 Å². The van der Waals surface area contributed by atoms with Crippen molar-refractivity contribution in [3.8, 4) is 5.75 Å². The van der Waals surface area contributed by atoms with Crippen molar-refractivity contribution in [2.45, 2.75) is 77.4 Å². The maximum absolute atomic E-state index is 13.4. The minimum absolute atomic E-state index is 0.178. The zero-order valence-electron chi connectivity index (χ0n) is 23.4. The number of rotatable bonds is 7. The number of amides is 4. The van der Waals surface area contributed by atoms with Crippen molar-refractivity contribution in [3.05, 3.63) is 45.9 Å². The molecule has 216 valence electrons. The molecule has 1 aromatic carbocycles. The smallest absolute Gasteiger partial charge is 0.255 e. The Morgan fingerprint density at radius 1 is 1.23 bits per heavy atom. The summed E-state index contributed by atoms with van der Waals surface area (Å²) in [7, 11) is 0. The second-order valence-electron chi connectivity index (χ2n) is 10.9. The summed E-state index contributed by atoms with van der Waals surface area (Å²) in [5.74, 6) is -0.836. The van der Waals surface area contributed by atoms with Crippen LogP contribution in [-0.2, 0) is 20.8 Å². The van der Waals surface area contributed by atoms with Crippen LogP contribution in [0.1, 0.15) is 67.0 Å². The summed E-state index contributed by atoms with van der Waals surface area (Å²) in [5, 5.41) is 11.7. The molecular weight excluding hydrogens is 530 g/mol. The number of nitrogens with one attached hydrogen (secondary N) is 3. The van der Waals surface area contributed by atoms with Gasteiger partial charge in [0.1, 0.15) is 24.4 Å². The molecule has 0 radical (unpaired) electrons. The Morgan fingerprint density at radius 3 is 2.77 bits per heavy atom. The van der Waals surface area contributed by atoms with Crippen molar-refractivity contribution in [1.29, 1.82) is 0 Å². The van der Waals surface area contributed by atoms with Crippen LogP contribution in [0, 0.1) is 12.8 Å². The zero-order chi connectivity index (χ0) is 28.6. The van der Waals surface area contributed by atoms with E-state index in [1.165, 1.54) is 0 Å². The highest BCUT2D eigenvalue weighted by Gasteiger charge is 2.37. The Hall–Kier alpha value is -3.47. The number of aryl methyl sites for hydroxylation is 2. The Morgan fingerprint density at radius 2 is 2.02 bits per heavy atom. The first kappa shape index (κ1) is 29.5. The number of carbonyl (C=O) groups excluding carboxylic acids is 4. The Kier molecular flexibility index (Phi) is 10.1. The van der Waals surface area contributed by atoms with Gasteiger partial charge in [0.05, 0.1) is 23.0 Å². The van der Waals surface area contributed by atoms with E-state index >= 15 is 0 Å². The molecule has 0 spiro atoms. The van der Waals surface area contributed by atoms with Gasteiger partial charge in [-0.3, -0.25) is 19.2 Å². The Balaban J connectivity index is 1.53. The molecule has 2 aliphatic heterocycles. The first-order valence-corrected chi connectivity index (χ1v) is 14.9. The number of para-hydroxylation sites is 1. The summed E-state index contributed by atoms with van der Waals surface area (Å²) in [4.78, 5) is 59.3. The quantitative estimate of drug-likeness (QED) is 0.440. The predicted octanol–water partition coefficient (Wildman–Crippen LogP) is 2.60. The highest BCUT2D eigenvalue weighted by atomic mass is 32.1. The standard InChI is InChI=1S/C29H39N5O5S/c1-18(2)14-20-16-39-24-10-5-4-8-21(24)27(36)33-22(15-26(35)34-13-7-9-23(34)29(38)32-20)28(37)30-12-6-11-25-31-19(3)17-40-25/h4-5,8,10,17-18,20,22-23H,6-7,9,11-16H2,1-3H3,(H,30,37)(H,32,38)(H,33,36)/t20-,22-,23+/m0/s1. The second kappa shape index (κ2) is 13.7. The lowest BCUT2D eigenvalue weighted by atomic mass is 10.0. The van der Waals surface area contributed by atoms with Gasteiger partial charge >= 0.3 is 0 Å². The monoisotopic (exact) mass is 569 g/mol. The van der Waals surface area contributed by atoms with Crippen LogP contribution < -0.4 is 20.7 Å². The summed E-state index contributed by atoms with van der Waals surface area (Å²) >= 11 is 1.58. The van der Waals surface area contributed by atoms with Crippen LogP contribution >= 0.6 is 11.3 Å². The molecule has 1 fully saturated rings. The average Bonchev–Trinajstić information content (AvgIpc) is 3.58. The van der Waals surface area contributed by atoms with Crippen LogP contribution in [0.3, 0.4) is 0 Å². The van der Waals surface area contributed by atoms with Crippen LogP contribution in [-0.4, -0.2) is 71.3 Å². The van der Waals surface area contributed by atoms with E-state index in [0.29, 0.717) is 50.4 Å². The van der Waals surface area contributed by atoms with Crippen molar-refractivity contribution in [2.75, 3.05) is 19.7 Å². The normalized spacial score (nSPS) is 22.1. The number of ether oxygens (including phenoxy) is 1. The molecule has 0 aliphatic carbocycles. The molecule has 3 N–H and O–H groups in total. The van der Waals surface area contributed by atoms with E-state index < -0.39 is 23.9 Å². The van der Waals surface area contributed by atoms with Crippen molar-refractivity contribution < 1.29 is 23.9 Å². The molecule has 2 aliphatic rings. The molecule has 4 rings (SSSR count). The van der Waals surface area contributed by atoms with Gasteiger partial charge in [-0.1, -0.05) is 26.0 Å². The number of thiazole rings is 1. The lowest BCUT2D eigenvalue weighted by molar-refractivity contribution is -0.140. The number of aromatic nitrogens is 1. The van der Waals surface area contributed by atoms with E-state index in [9.17, 15) is 19.2 Å². The maximum atomic E-state index is 13.4. The Labute approximate surface area is 239 Å². The third kappa shape index (κ3) is 7.80. The van der Waals surface area contributed by atoms with Gasteiger partial charge in [0.2, 0.25) is 17.7 Å². The molecule has 40 heavy (non-hydrogen) atoms. The molecule has 0 unspecified atom stereocenters. The van der Waals surface area contributed by atoms with Crippen molar-refractivity contribution in [3.63, 3.8) is 0 Å². The molecule has 2 aromatic rings. The lowest BCUT2D eigenvalue weighted by Gasteiger charge is -2.29. The number of hydrogen-bond acceptors (Lipinski definition) is 7. The minimum atomic E-state index is -1.10. The van der Waals surface area contributed by atoms with Gasteiger partial charge in [-0.15, -0.1) is 11.3 Å². The summed E-state index contributed by atoms with van der Waals surface area (Å²) in [5.41, 5.74) is 1.23. The minimum Gasteiger partial charge on any atom is -0.491 e. The second-order valence-corrected chi connectivity index (χ2v) is 11.8. The topological polar surface area (TPSA) is 130 Å². The predicted molar refractivity (Wildman–Crippen MR) is 152 cm³/mol. The van der Waals surface area contributed by atoms with Gasteiger partial charge in [-0.25, -0.2) is 4.98 Å². The molecule has 1 aromatic heterocycles. The van der Waals surface area contributed by atoms with Gasteiger partial charge in [0, 0.05) is 30.6 Å². The molecule has 0 bridgehead atoms. The third-order valence-electron chi connectivity index (χ3n) is 7.08. The van der Waals surface area contributed by atoms with Gasteiger partial charge in [0.25, 0.3) is 5.91 Å². The molecular formula is C29H39N5O5S. The number of hydrogen-bond donors (Lipinski definition) is 3. The SMILES string of the molecule is Cc1csc(CCCNC(=O)[C@@H]2CC(=O)N3CCC[C@@H]3C(=O)N[C@@H](CC(C)C)COc3ccccc3C(=O)N2)n1. The number of carbonyl (C=O) groups is 4. The molecule has 4 amide bonds. The fourth-order valence-electron chi connectivity index (χ4n) is 5.17. The van der Waals surface area contributed by atoms with Gasteiger partial charge in [-0.05, 0) is 50.7 Å². The van der Waals surface area contributed by atoms with E-state index in [2.05, 4.69) is 34.8 Å². The van der Waals surface area contributed by atoms with E-state index in [-0.39, 0.29) is 36.4 Å². The van der Waals surface area contributed by atoms with Crippen molar-refractivity contribution in [2.24, 2.45) is 5.92 Å². The van der Waals surface area contributed by atoms with Crippen LogP contribution in [0.25, 0.3) is 0 Å². The number of benzene rings is 1. The number of fused-ring (bicyclic) bond motifs is 2. The van der Waals surface area contributed by atoms with E-state index in [1.54, 1.807) is 40.5 Å². The summed E-state index contributed by atoms with van der Waals surface area (Å²) in [6, 6.07) is 4.79. The largest absolute Gasteiger partial charge is 0.491 e. The fraction of sp³-hybridized carbons (Fsp3) is 0.552. The van der Waals surface area contributed by atoms with Crippen molar-refractivity contribution >= 4 is 35.0 Å². The molecule has 1 saturated heterocycles. The lowest BCUT2D eigenvalue weighted by Crippen LogP contribution is -2.53. The Bertz CT molecular complexity index is 1210. The molecule has 11 heteroatoms. The third-order valence-corrected chi connectivity index (χ3v) is 8.11. The maximum Gasteiger partial charge on any atom is 0.255 e. The summed E-state index contributed by atoms with van der Waals surface area (Å²) < 4.78 is 6.05. The van der Waals surface area contributed by atoms with Crippen LogP contribution in [0.15, 0.2) is 29.6 Å². The number of nitrogens with zero attached hydrogens (tertiary/aromatic N) is 2. The van der Waals surface area contributed by atoms with Gasteiger partial charge < -0.3 is 25.6 Å². The fourth-order valence-corrected chi connectivity index (χ4v) is 5.99. The molecule has 3 heterocycles. The molecule has 3 atom stereocenters. The highest BCUT2D eigenvalue weighted by molar-refractivity contribution is 7.09. The van der Waals surface area contributed by atoms with Gasteiger partial charge in [-0.2, -0.15) is 0 Å². The first-order valence-electron chi connectivity index (χ1n) is 14.0. The first-order chi connectivity index (χ1) is 19.2. The van der Waals surface area contributed by atoms with Crippen LogP contribution in [0.5, 0.6) is 5.75 Å². The average molecular weight is 570 g/mol. The van der Waals surface area contributed by atoms with Gasteiger partial charge in [0.15, 0.2) is 0 Å². The van der Waals surface area contributed by atoms with Crippen LogP contribution in [0.2, 0.25) is 0 Å². The highest BCUT2D eigenvalue weighted by Crippen LogP contribution is 2.23.